The van der Waals surface area contributed by atoms with Gasteiger partial charge in [0.25, 0.3) is 5.91 Å². The minimum atomic E-state index is -0.227. The second-order valence-corrected chi connectivity index (χ2v) is 7.62. The summed E-state index contributed by atoms with van der Waals surface area (Å²) < 4.78 is 17.2. The molecule has 1 aliphatic carbocycles. The van der Waals surface area contributed by atoms with Gasteiger partial charge in [-0.1, -0.05) is 0 Å². The lowest BCUT2D eigenvalue weighted by Gasteiger charge is -2.25. The summed E-state index contributed by atoms with van der Waals surface area (Å²) >= 11 is 0. The zero-order chi connectivity index (χ0) is 19.3. The summed E-state index contributed by atoms with van der Waals surface area (Å²) in [6, 6.07) is 9.51. The van der Waals surface area contributed by atoms with Crippen molar-refractivity contribution in [3.8, 4) is 5.75 Å². The van der Waals surface area contributed by atoms with Crippen molar-refractivity contribution >= 4 is 11.6 Å². The fraction of sp³-hybridized carbons (Fsp3) is 0.500. The normalized spacial score (nSPS) is 18.3. The SMILES string of the molecule is Cc1cc(CN2CCOCC2)oc1C(=O)Nc1ccc(OC2CCCC2)cc1. The Balaban J connectivity index is 1.35. The average Bonchev–Trinajstić information content (AvgIpc) is 3.34. The van der Waals surface area contributed by atoms with Crippen LogP contribution >= 0.6 is 0 Å². The maximum atomic E-state index is 12.6. The van der Waals surface area contributed by atoms with E-state index in [0.29, 0.717) is 18.4 Å². The molecule has 0 atom stereocenters. The molecule has 6 heteroatoms. The van der Waals surface area contributed by atoms with Gasteiger partial charge in [-0.15, -0.1) is 0 Å². The van der Waals surface area contributed by atoms with Gasteiger partial charge in [0, 0.05) is 24.3 Å². The largest absolute Gasteiger partial charge is 0.490 e. The first-order valence-electron chi connectivity index (χ1n) is 10.1. The molecule has 2 aliphatic rings. The Labute approximate surface area is 165 Å². The Morgan fingerprint density at radius 3 is 2.61 bits per heavy atom. The van der Waals surface area contributed by atoms with Crippen LogP contribution < -0.4 is 10.1 Å². The third-order valence-corrected chi connectivity index (χ3v) is 5.38. The molecule has 0 spiro atoms. The van der Waals surface area contributed by atoms with Gasteiger partial charge < -0.3 is 19.2 Å². The Kier molecular flexibility index (Phi) is 5.98. The molecule has 2 fully saturated rings. The van der Waals surface area contributed by atoms with Crippen LogP contribution in [0, 0.1) is 6.92 Å². The Morgan fingerprint density at radius 2 is 1.89 bits per heavy atom. The number of amides is 1. The number of carbonyl (C=O) groups excluding carboxylic acids is 1. The molecule has 1 saturated heterocycles. The zero-order valence-corrected chi connectivity index (χ0v) is 16.4. The summed E-state index contributed by atoms with van der Waals surface area (Å²) in [6.07, 6.45) is 5.08. The van der Waals surface area contributed by atoms with E-state index in [9.17, 15) is 4.79 Å². The van der Waals surface area contributed by atoms with E-state index in [1.807, 2.05) is 37.3 Å². The van der Waals surface area contributed by atoms with E-state index < -0.39 is 0 Å². The molecule has 1 saturated carbocycles. The predicted molar refractivity (Wildman–Crippen MR) is 107 cm³/mol. The first-order valence-corrected chi connectivity index (χ1v) is 10.1. The maximum Gasteiger partial charge on any atom is 0.291 e. The number of carbonyl (C=O) groups is 1. The molecule has 1 aliphatic heterocycles. The van der Waals surface area contributed by atoms with Gasteiger partial charge in [0.15, 0.2) is 5.76 Å². The van der Waals surface area contributed by atoms with Crippen LogP contribution in [0.15, 0.2) is 34.7 Å². The molecule has 0 unspecified atom stereocenters. The second-order valence-electron chi connectivity index (χ2n) is 7.62. The van der Waals surface area contributed by atoms with Crippen LogP contribution in [0.25, 0.3) is 0 Å². The number of nitrogens with zero attached hydrogens (tertiary/aromatic N) is 1. The van der Waals surface area contributed by atoms with Crippen molar-refractivity contribution in [2.24, 2.45) is 0 Å². The van der Waals surface area contributed by atoms with Crippen LogP contribution in [0.1, 0.15) is 47.6 Å². The highest BCUT2D eigenvalue weighted by Gasteiger charge is 2.19. The van der Waals surface area contributed by atoms with E-state index in [2.05, 4.69) is 10.2 Å². The van der Waals surface area contributed by atoms with E-state index in [0.717, 1.165) is 61.9 Å². The van der Waals surface area contributed by atoms with Crippen LogP contribution in [0.4, 0.5) is 5.69 Å². The van der Waals surface area contributed by atoms with Crippen molar-refractivity contribution < 1.29 is 18.7 Å². The molecule has 1 aromatic carbocycles. The second kappa shape index (κ2) is 8.80. The summed E-state index contributed by atoms with van der Waals surface area (Å²) in [5, 5.41) is 2.92. The molecule has 4 rings (SSSR count). The van der Waals surface area contributed by atoms with Gasteiger partial charge >= 0.3 is 0 Å². The molecular formula is C22H28N2O4. The third kappa shape index (κ3) is 4.75. The molecule has 0 bridgehead atoms. The van der Waals surface area contributed by atoms with E-state index in [1.165, 1.54) is 12.8 Å². The third-order valence-electron chi connectivity index (χ3n) is 5.38. The highest BCUT2D eigenvalue weighted by atomic mass is 16.5. The lowest BCUT2D eigenvalue weighted by Crippen LogP contribution is -2.35. The highest BCUT2D eigenvalue weighted by molar-refractivity contribution is 6.03. The number of rotatable bonds is 6. The van der Waals surface area contributed by atoms with Crippen LogP contribution in [-0.2, 0) is 11.3 Å². The van der Waals surface area contributed by atoms with Crippen LogP contribution in [0.2, 0.25) is 0 Å². The van der Waals surface area contributed by atoms with E-state index in [4.69, 9.17) is 13.9 Å². The summed E-state index contributed by atoms with van der Waals surface area (Å²) in [5.41, 5.74) is 1.58. The van der Waals surface area contributed by atoms with Crippen LogP contribution in [0.3, 0.4) is 0 Å². The number of anilines is 1. The van der Waals surface area contributed by atoms with Crippen molar-refractivity contribution in [1.82, 2.24) is 4.90 Å². The molecule has 1 amide bonds. The zero-order valence-electron chi connectivity index (χ0n) is 16.4. The quantitative estimate of drug-likeness (QED) is 0.816. The van der Waals surface area contributed by atoms with E-state index in [-0.39, 0.29) is 5.91 Å². The van der Waals surface area contributed by atoms with Gasteiger partial charge in [0.05, 0.1) is 25.9 Å². The molecule has 2 heterocycles. The number of furan rings is 1. The van der Waals surface area contributed by atoms with Crippen LogP contribution in [0.5, 0.6) is 5.75 Å². The van der Waals surface area contributed by atoms with Gasteiger partial charge in [-0.3, -0.25) is 9.69 Å². The van der Waals surface area contributed by atoms with Crippen LogP contribution in [-0.4, -0.2) is 43.2 Å². The Bertz CT molecular complexity index is 787. The Morgan fingerprint density at radius 1 is 1.18 bits per heavy atom. The number of aryl methyl sites for hydroxylation is 1. The number of ether oxygens (including phenoxy) is 2. The number of morpholine rings is 1. The molecule has 1 N–H and O–H groups in total. The lowest BCUT2D eigenvalue weighted by atomic mass is 10.2. The summed E-state index contributed by atoms with van der Waals surface area (Å²) in [5.74, 6) is 1.81. The van der Waals surface area contributed by atoms with Gasteiger partial charge in [-0.25, -0.2) is 0 Å². The molecule has 6 nitrogen and oxygen atoms in total. The van der Waals surface area contributed by atoms with Gasteiger partial charge in [-0.05, 0) is 62.9 Å². The van der Waals surface area contributed by atoms with Gasteiger partial charge in [-0.2, -0.15) is 0 Å². The summed E-state index contributed by atoms with van der Waals surface area (Å²) in [4.78, 5) is 14.9. The predicted octanol–water partition coefficient (Wildman–Crippen LogP) is 3.99. The first-order chi connectivity index (χ1) is 13.7. The summed E-state index contributed by atoms with van der Waals surface area (Å²) in [7, 11) is 0. The highest BCUT2D eigenvalue weighted by Crippen LogP contribution is 2.25. The smallest absolute Gasteiger partial charge is 0.291 e. The standard InChI is InChI=1S/C22H28N2O4/c1-16-14-20(15-24-10-12-26-13-11-24)28-21(16)22(25)23-17-6-8-19(9-7-17)27-18-4-2-3-5-18/h6-9,14,18H,2-5,10-13,15H2,1H3,(H,23,25). The number of hydrogen-bond donors (Lipinski definition) is 1. The monoisotopic (exact) mass is 384 g/mol. The van der Waals surface area contributed by atoms with Gasteiger partial charge in [0.2, 0.25) is 0 Å². The van der Waals surface area contributed by atoms with Crippen molar-refractivity contribution in [3.63, 3.8) is 0 Å². The van der Waals surface area contributed by atoms with Crippen molar-refractivity contribution in [1.29, 1.82) is 0 Å². The van der Waals surface area contributed by atoms with Crippen molar-refractivity contribution in [3.05, 3.63) is 47.4 Å². The fourth-order valence-electron chi connectivity index (χ4n) is 3.83. The molecule has 28 heavy (non-hydrogen) atoms. The number of hydrogen-bond acceptors (Lipinski definition) is 5. The molecule has 0 radical (unpaired) electrons. The van der Waals surface area contributed by atoms with E-state index in [1.54, 1.807) is 0 Å². The van der Waals surface area contributed by atoms with Gasteiger partial charge in [0.1, 0.15) is 11.5 Å². The molecule has 1 aromatic heterocycles. The number of benzene rings is 1. The maximum absolute atomic E-state index is 12.6. The topological polar surface area (TPSA) is 63.9 Å². The Hall–Kier alpha value is -2.31. The average molecular weight is 384 g/mol. The number of nitrogens with one attached hydrogen (secondary N) is 1. The van der Waals surface area contributed by atoms with E-state index >= 15 is 0 Å². The first kappa shape index (κ1) is 19.0. The van der Waals surface area contributed by atoms with Crippen molar-refractivity contribution in [2.75, 3.05) is 31.6 Å². The molecule has 150 valence electrons. The lowest BCUT2D eigenvalue weighted by molar-refractivity contribution is 0.0312. The minimum absolute atomic E-state index is 0.227. The fourth-order valence-corrected chi connectivity index (χ4v) is 3.83. The molecular weight excluding hydrogens is 356 g/mol. The summed E-state index contributed by atoms with van der Waals surface area (Å²) in [6.45, 7) is 5.86. The van der Waals surface area contributed by atoms with Crippen molar-refractivity contribution in [2.45, 2.75) is 45.3 Å². The minimum Gasteiger partial charge on any atom is -0.490 e. The molecule has 2 aromatic rings.